The first-order chi connectivity index (χ1) is 16.6. The van der Waals surface area contributed by atoms with Gasteiger partial charge in [-0.05, 0) is 30.4 Å². The lowest BCUT2D eigenvalue weighted by Crippen LogP contribution is -2.34. The molecule has 2 bridgehead atoms. The second-order valence-corrected chi connectivity index (χ2v) is 9.73. The summed E-state index contributed by atoms with van der Waals surface area (Å²) in [6, 6.07) is 12.3. The molecule has 3 fully saturated rings. The Morgan fingerprint density at radius 2 is 1.85 bits per heavy atom. The zero-order chi connectivity index (χ0) is 22.8. The van der Waals surface area contributed by atoms with E-state index in [1.807, 2.05) is 12.1 Å². The third-order valence-corrected chi connectivity index (χ3v) is 7.47. The van der Waals surface area contributed by atoms with E-state index in [4.69, 9.17) is 14.2 Å². The van der Waals surface area contributed by atoms with Crippen molar-refractivity contribution in [2.24, 2.45) is 0 Å². The van der Waals surface area contributed by atoms with Crippen molar-refractivity contribution in [2.45, 2.75) is 55.8 Å². The van der Waals surface area contributed by atoms with Crippen LogP contribution in [0.5, 0.6) is 5.88 Å². The molecule has 0 aliphatic carbocycles. The summed E-state index contributed by atoms with van der Waals surface area (Å²) in [5.41, 5.74) is 4.80. The Hall–Kier alpha value is -2.78. The third-order valence-electron chi connectivity index (χ3n) is 7.47. The summed E-state index contributed by atoms with van der Waals surface area (Å²) < 4.78 is 32.2. The van der Waals surface area contributed by atoms with Crippen LogP contribution in [0, 0.1) is 5.82 Å². The highest BCUT2D eigenvalue weighted by Gasteiger charge is 2.48. The predicted molar refractivity (Wildman–Crippen MR) is 124 cm³/mol. The van der Waals surface area contributed by atoms with Gasteiger partial charge in [0.2, 0.25) is 0 Å². The molecule has 0 amide bonds. The first-order valence-corrected chi connectivity index (χ1v) is 12.0. The molecule has 0 saturated carbocycles. The van der Waals surface area contributed by atoms with Gasteiger partial charge < -0.3 is 29.6 Å². The summed E-state index contributed by atoms with van der Waals surface area (Å²) in [5.74, 6) is 0.0837. The highest BCUT2D eigenvalue weighted by molar-refractivity contribution is 5.81. The van der Waals surface area contributed by atoms with E-state index in [1.165, 1.54) is 30.0 Å². The van der Waals surface area contributed by atoms with Crippen LogP contribution in [0.3, 0.4) is 0 Å². The van der Waals surface area contributed by atoms with Gasteiger partial charge in [-0.3, -0.25) is 0 Å². The van der Waals surface area contributed by atoms with E-state index in [0.29, 0.717) is 41.3 Å². The zero-order valence-corrected chi connectivity index (χ0v) is 18.5. The van der Waals surface area contributed by atoms with E-state index in [0.717, 1.165) is 12.0 Å². The van der Waals surface area contributed by atoms with Crippen LogP contribution in [0.4, 0.5) is 4.39 Å². The molecule has 6 atom stereocenters. The van der Waals surface area contributed by atoms with E-state index >= 15 is 0 Å². The number of benzene rings is 1. The number of aromatic amines is 1. The summed E-state index contributed by atoms with van der Waals surface area (Å²) in [6.07, 6.45) is 4.15. The van der Waals surface area contributed by atoms with Crippen molar-refractivity contribution in [3.63, 3.8) is 0 Å². The van der Waals surface area contributed by atoms with Crippen LogP contribution < -0.4 is 10.1 Å². The minimum Gasteiger partial charge on any atom is -0.470 e. The first kappa shape index (κ1) is 20.6. The molecule has 176 valence electrons. The molecular formula is C26H26FN3O4. The molecule has 7 nitrogen and oxygen atoms in total. The highest BCUT2D eigenvalue weighted by atomic mass is 19.1. The van der Waals surface area contributed by atoms with Gasteiger partial charge in [0.05, 0.1) is 24.2 Å². The number of hydrogen-bond donors (Lipinski definition) is 3. The van der Waals surface area contributed by atoms with Crippen LogP contribution in [0.1, 0.15) is 24.8 Å². The van der Waals surface area contributed by atoms with Gasteiger partial charge in [0.15, 0.2) is 17.8 Å². The van der Waals surface area contributed by atoms with Gasteiger partial charge in [0.1, 0.15) is 24.0 Å². The first-order valence-electron chi connectivity index (χ1n) is 12.0. The second-order valence-electron chi connectivity index (χ2n) is 9.73. The number of hydrogen-bond acceptors (Lipinski definition) is 6. The molecule has 8 heteroatoms. The molecule has 4 aliphatic heterocycles. The van der Waals surface area contributed by atoms with Crippen LogP contribution >= 0.6 is 0 Å². The molecule has 6 heterocycles. The lowest BCUT2D eigenvalue weighted by atomic mass is 9.95. The zero-order valence-electron chi connectivity index (χ0n) is 18.5. The van der Waals surface area contributed by atoms with Crippen molar-refractivity contribution in [3.05, 3.63) is 53.9 Å². The second kappa shape index (κ2) is 7.88. The summed E-state index contributed by atoms with van der Waals surface area (Å²) in [7, 11) is 0. The Bertz CT molecular complexity index is 1270. The Labute approximate surface area is 195 Å². The Morgan fingerprint density at radius 3 is 2.71 bits per heavy atom. The van der Waals surface area contributed by atoms with E-state index in [2.05, 4.69) is 33.5 Å². The fourth-order valence-corrected chi connectivity index (χ4v) is 5.76. The maximum Gasteiger partial charge on any atom is 0.193 e. The fraction of sp³-hybridized carbons (Fsp3) is 0.423. The normalized spacial score (nSPS) is 32.2. The average Bonchev–Trinajstić information content (AvgIpc) is 3.60. The van der Waals surface area contributed by atoms with Gasteiger partial charge in [-0.2, -0.15) is 0 Å². The molecule has 3 saturated heterocycles. The molecule has 4 aliphatic rings. The van der Waals surface area contributed by atoms with Gasteiger partial charge in [0.25, 0.3) is 0 Å². The predicted octanol–water partition coefficient (Wildman–Crippen LogP) is 3.18. The number of nitrogens with one attached hydrogen (secondary N) is 2. The molecule has 7 rings (SSSR count). The average molecular weight is 464 g/mol. The van der Waals surface area contributed by atoms with Crippen molar-refractivity contribution in [1.82, 2.24) is 15.3 Å². The number of aliphatic hydroxyl groups excluding tert-OH is 1. The number of H-pyrrole nitrogens is 1. The Morgan fingerprint density at radius 1 is 1.03 bits per heavy atom. The van der Waals surface area contributed by atoms with E-state index in [9.17, 15) is 9.50 Å². The molecule has 2 unspecified atom stereocenters. The minimum absolute atomic E-state index is 0.242. The van der Waals surface area contributed by atoms with Crippen molar-refractivity contribution in [1.29, 1.82) is 0 Å². The minimum atomic E-state index is -0.632. The molecule has 3 aromatic rings. The van der Waals surface area contributed by atoms with Crippen LogP contribution in [0.2, 0.25) is 0 Å². The number of fused-ring (bicyclic) bond motifs is 4. The summed E-state index contributed by atoms with van der Waals surface area (Å²) >= 11 is 0. The number of aromatic nitrogens is 2. The maximum atomic E-state index is 15.0. The number of ether oxygens (including phenoxy) is 3. The van der Waals surface area contributed by atoms with Crippen molar-refractivity contribution < 1.29 is 23.7 Å². The quantitative estimate of drug-likeness (QED) is 0.551. The van der Waals surface area contributed by atoms with Gasteiger partial charge in [-0.25, -0.2) is 9.37 Å². The van der Waals surface area contributed by atoms with Gasteiger partial charge >= 0.3 is 0 Å². The SMILES string of the molecule is O[C@@H]1CO[C@H]2[C@@H]1OC[C@H]2Oc1cc2nc(-c3ccc(C4=CC5CCC(C4)N5)cc3)c(F)cc2[nH]1. The number of aliphatic hydroxyl groups is 1. The smallest absolute Gasteiger partial charge is 0.193 e. The molecule has 2 aromatic heterocycles. The van der Waals surface area contributed by atoms with E-state index in [1.54, 1.807) is 6.07 Å². The maximum absolute atomic E-state index is 15.0. The topological polar surface area (TPSA) is 88.6 Å². The van der Waals surface area contributed by atoms with Gasteiger partial charge in [-0.1, -0.05) is 30.3 Å². The van der Waals surface area contributed by atoms with Crippen LogP contribution in [0.15, 0.2) is 42.5 Å². The van der Waals surface area contributed by atoms with Crippen molar-refractivity contribution in [3.8, 4) is 17.1 Å². The molecule has 0 radical (unpaired) electrons. The largest absolute Gasteiger partial charge is 0.470 e. The van der Waals surface area contributed by atoms with Crippen molar-refractivity contribution in [2.75, 3.05) is 13.2 Å². The van der Waals surface area contributed by atoms with Crippen LogP contribution in [-0.4, -0.2) is 64.8 Å². The molecule has 3 N–H and O–H groups in total. The molecular weight excluding hydrogens is 437 g/mol. The highest BCUT2D eigenvalue weighted by Crippen LogP contribution is 2.34. The summed E-state index contributed by atoms with van der Waals surface area (Å²) in [5, 5.41) is 13.5. The number of rotatable bonds is 4. The molecule has 0 spiro atoms. The number of halogens is 1. The number of nitrogens with zero attached hydrogens (tertiary/aromatic N) is 1. The van der Waals surface area contributed by atoms with Gasteiger partial charge in [0, 0.05) is 29.8 Å². The fourth-order valence-electron chi connectivity index (χ4n) is 5.76. The molecule has 34 heavy (non-hydrogen) atoms. The standard InChI is InChI=1S/C26H26FN3O4/c27-18-9-19-20(10-23(29-19)34-22-12-33-25-21(31)11-32-26(22)25)30-24(18)14-3-1-13(2-4-14)15-7-16-5-6-17(8-15)28-16/h1-4,7,9-10,16-17,21-22,25-26,28-29,31H,5-6,8,11-12H2/t16?,17?,21-,22-,25-,26-/m1/s1. The Kier molecular flexibility index (Phi) is 4.77. The van der Waals surface area contributed by atoms with Crippen molar-refractivity contribution >= 4 is 16.6 Å². The van der Waals surface area contributed by atoms with E-state index in [-0.39, 0.29) is 30.7 Å². The Balaban J connectivity index is 1.13. The lowest BCUT2D eigenvalue weighted by molar-refractivity contribution is 0.00794. The lowest BCUT2D eigenvalue weighted by Gasteiger charge is -2.21. The van der Waals surface area contributed by atoms with Gasteiger partial charge in [-0.15, -0.1) is 0 Å². The van der Waals surface area contributed by atoms with Crippen LogP contribution in [0.25, 0.3) is 27.9 Å². The van der Waals surface area contributed by atoms with Crippen LogP contribution in [-0.2, 0) is 9.47 Å². The molecule has 1 aromatic carbocycles. The monoisotopic (exact) mass is 463 g/mol. The number of pyridine rings is 1. The summed E-state index contributed by atoms with van der Waals surface area (Å²) in [4.78, 5) is 7.67. The third kappa shape index (κ3) is 3.44. The van der Waals surface area contributed by atoms with E-state index < -0.39 is 6.10 Å². The summed E-state index contributed by atoms with van der Waals surface area (Å²) in [6.45, 7) is 0.571.